The summed E-state index contributed by atoms with van der Waals surface area (Å²) >= 11 is 0. The molecule has 1 rings (SSSR count). The Balaban J connectivity index is 2.47. The van der Waals surface area contributed by atoms with Gasteiger partial charge in [0.1, 0.15) is 0 Å². The number of aliphatic carboxylic acids is 1. The van der Waals surface area contributed by atoms with Gasteiger partial charge < -0.3 is 15.2 Å². The third-order valence-electron chi connectivity index (χ3n) is 4.10. The lowest BCUT2D eigenvalue weighted by molar-refractivity contribution is -0.140. The van der Waals surface area contributed by atoms with Crippen LogP contribution >= 0.6 is 0 Å². The van der Waals surface area contributed by atoms with Gasteiger partial charge in [-0.1, -0.05) is 27.7 Å². The van der Waals surface area contributed by atoms with Crippen LogP contribution in [0.4, 0.5) is 0 Å². The van der Waals surface area contributed by atoms with E-state index in [0.29, 0.717) is 13.2 Å². The summed E-state index contributed by atoms with van der Waals surface area (Å²) in [6, 6.07) is 0. The minimum absolute atomic E-state index is 0.0522. The summed E-state index contributed by atoms with van der Waals surface area (Å²) in [4.78, 5) is 23.1. The second-order valence-electron chi connectivity index (χ2n) is 6.74. The average Bonchev–Trinajstić information content (AvgIpc) is 2.87. The van der Waals surface area contributed by atoms with E-state index in [1.54, 1.807) is 7.11 Å². The van der Waals surface area contributed by atoms with Crippen molar-refractivity contribution in [1.82, 2.24) is 5.32 Å². The Labute approximate surface area is 114 Å². The Morgan fingerprint density at radius 1 is 1.32 bits per heavy atom. The Morgan fingerprint density at radius 3 is 2.32 bits per heavy atom. The Bertz CT molecular complexity index is 362. The van der Waals surface area contributed by atoms with Gasteiger partial charge in [-0.05, 0) is 17.3 Å². The molecular weight excluding hydrogens is 246 g/mol. The maximum atomic E-state index is 12.1. The zero-order valence-electron chi connectivity index (χ0n) is 12.4. The Morgan fingerprint density at radius 2 is 1.89 bits per heavy atom. The number of methoxy groups -OCH3 is 1. The van der Waals surface area contributed by atoms with Crippen molar-refractivity contribution in [2.45, 2.75) is 34.1 Å². The first-order valence-electron chi connectivity index (χ1n) is 6.63. The molecule has 1 fully saturated rings. The maximum absolute atomic E-state index is 12.1. The van der Waals surface area contributed by atoms with Crippen LogP contribution in [0.3, 0.4) is 0 Å². The molecule has 5 heteroatoms. The highest BCUT2D eigenvalue weighted by molar-refractivity contribution is 5.91. The van der Waals surface area contributed by atoms with Gasteiger partial charge in [0.25, 0.3) is 0 Å². The van der Waals surface area contributed by atoms with E-state index >= 15 is 0 Å². The number of carbonyl (C=O) groups excluding carboxylic acids is 1. The van der Waals surface area contributed by atoms with Crippen LogP contribution in [-0.4, -0.2) is 37.2 Å². The zero-order valence-corrected chi connectivity index (χ0v) is 12.4. The second kappa shape index (κ2) is 5.49. The van der Waals surface area contributed by atoms with Crippen molar-refractivity contribution in [2.75, 3.05) is 20.3 Å². The first-order valence-corrected chi connectivity index (χ1v) is 6.63. The molecule has 2 unspecified atom stereocenters. The normalized spacial score (nSPS) is 24.9. The highest BCUT2D eigenvalue weighted by Crippen LogP contribution is 2.58. The van der Waals surface area contributed by atoms with Gasteiger partial charge in [-0.25, -0.2) is 0 Å². The van der Waals surface area contributed by atoms with Crippen molar-refractivity contribution in [2.24, 2.45) is 22.7 Å². The Kier molecular flexibility index (Phi) is 4.61. The van der Waals surface area contributed by atoms with Gasteiger partial charge in [0.2, 0.25) is 5.91 Å². The summed E-state index contributed by atoms with van der Waals surface area (Å²) in [7, 11) is 1.65. The summed E-state index contributed by atoms with van der Waals surface area (Å²) in [6.07, 6.45) is 0.847. The van der Waals surface area contributed by atoms with Gasteiger partial charge in [-0.3, -0.25) is 9.59 Å². The van der Waals surface area contributed by atoms with Crippen LogP contribution in [0.25, 0.3) is 0 Å². The van der Waals surface area contributed by atoms with Crippen molar-refractivity contribution in [3.05, 3.63) is 0 Å². The molecule has 0 radical (unpaired) electrons. The molecule has 1 aliphatic rings. The summed E-state index contributed by atoms with van der Waals surface area (Å²) in [5.74, 6) is -2.01. The number of carboxylic acids is 1. The lowest BCUT2D eigenvalue weighted by atomic mass is 9.89. The number of amides is 1. The van der Waals surface area contributed by atoms with E-state index < -0.39 is 23.2 Å². The largest absolute Gasteiger partial charge is 0.481 e. The number of ether oxygens (including phenoxy) is 1. The molecule has 0 aliphatic heterocycles. The minimum Gasteiger partial charge on any atom is -0.481 e. The predicted molar refractivity (Wildman–Crippen MR) is 71.7 cm³/mol. The molecule has 0 aromatic heterocycles. The van der Waals surface area contributed by atoms with E-state index in [-0.39, 0.29) is 11.3 Å². The first-order chi connectivity index (χ1) is 8.63. The fraction of sp³-hybridized carbons (Fsp3) is 0.857. The average molecular weight is 271 g/mol. The molecule has 1 aliphatic carbocycles. The van der Waals surface area contributed by atoms with E-state index in [2.05, 4.69) is 19.2 Å². The third kappa shape index (κ3) is 3.69. The van der Waals surface area contributed by atoms with Crippen LogP contribution in [0, 0.1) is 22.7 Å². The molecule has 0 spiro atoms. The molecule has 0 heterocycles. The predicted octanol–water partition coefficient (Wildman–Crippen LogP) is 1.52. The smallest absolute Gasteiger partial charge is 0.307 e. The van der Waals surface area contributed by atoms with Gasteiger partial charge in [0.15, 0.2) is 0 Å². The molecule has 0 saturated heterocycles. The number of hydrogen-bond donors (Lipinski definition) is 2. The van der Waals surface area contributed by atoms with Gasteiger partial charge in [-0.15, -0.1) is 0 Å². The SMILES string of the molecule is COCCC(C)(C)CNC(=O)C1C(C(=O)O)C1(C)C. The molecule has 5 nitrogen and oxygen atoms in total. The fourth-order valence-electron chi connectivity index (χ4n) is 2.49. The molecule has 0 aromatic rings. The van der Waals surface area contributed by atoms with Crippen LogP contribution in [0.1, 0.15) is 34.1 Å². The van der Waals surface area contributed by atoms with Crippen molar-refractivity contribution >= 4 is 11.9 Å². The lowest BCUT2D eigenvalue weighted by Gasteiger charge is -2.24. The zero-order chi connectivity index (χ0) is 14.8. The molecule has 2 N–H and O–H groups in total. The molecular formula is C14H25NO4. The van der Waals surface area contributed by atoms with Gasteiger partial charge in [0.05, 0.1) is 11.8 Å². The molecule has 1 amide bonds. The van der Waals surface area contributed by atoms with Gasteiger partial charge in [-0.2, -0.15) is 0 Å². The summed E-state index contributed by atoms with van der Waals surface area (Å²) < 4.78 is 5.04. The molecule has 0 aromatic carbocycles. The first kappa shape index (κ1) is 16.0. The van der Waals surface area contributed by atoms with Crippen LogP contribution in [0.5, 0.6) is 0 Å². The van der Waals surface area contributed by atoms with Crippen molar-refractivity contribution in [1.29, 1.82) is 0 Å². The highest BCUT2D eigenvalue weighted by atomic mass is 16.5. The summed E-state index contributed by atoms with van der Waals surface area (Å²) in [5, 5.41) is 11.9. The second-order valence-corrected chi connectivity index (χ2v) is 6.74. The molecule has 110 valence electrons. The van der Waals surface area contributed by atoms with E-state index in [4.69, 9.17) is 9.84 Å². The molecule has 2 atom stereocenters. The number of rotatable bonds is 7. The van der Waals surface area contributed by atoms with Gasteiger partial charge in [0, 0.05) is 20.3 Å². The summed E-state index contributed by atoms with van der Waals surface area (Å²) in [5.41, 5.74) is -0.490. The van der Waals surface area contributed by atoms with Crippen LogP contribution in [0.15, 0.2) is 0 Å². The standard InChI is InChI=1S/C14H25NO4/c1-13(2,6-7-19-5)8-15-11(16)9-10(12(17)18)14(9,3)4/h9-10H,6-8H2,1-5H3,(H,15,16)(H,17,18). The van der Waals surface area contributed by atoms with E-state index in [0.717, 1.165) is 6.42 Å². The van der Waals surface area contributed by atoms with Crippen molar-refractivity contribution in [3.63, 3.8) is 0 Å². The number of nitrogens with one attached hydrogen (secondary N) is 1. The quantitative estimate of drug-likeness (QED) is 0.736. The van der Waals surface area contributed by atoms with E-state index in [1.165, 1.54) is 0 Å². The number of carbonyl (C=O) groups is 2. The third-order valence-corrected chi connectivity index (χ3v) is 4.10. The lowest BCUT2D eigenvalue weighted by Crippen LogP contribution is -2.36. The molecule has 0 bridgehead atoms. The van der Waals surface area contributed by atoms with E-state index in [1.807, 2.05) is 13.8 Å². The maximum Gasteiger partial charge on any atom is 0.307 e. The monoisotopic (exact) mass is 271 g/mol. The summed E-state index contributed by atoms with van der Waals surface area (Å²) in [6.45, 7) is 8.94. The minimum atomic E-state index is -0.885. The Hall–Kier alpha value is -1.10. The van der Waals surface area contributed by atoms with E-state index in [9.17, 15) is 9.59 Å². The number of hydrogen-bond acceptors (Lipinski definition) is 3. The fourth-order valence-corrected chi connectivity index (χ4v) is 2.49. The van der Waals surface area contributed by atoms with Crippen LogP contribution in [-0.2, 0) is 14.3 Å². The topological polar surface area (TPSA) is 75.6 Å². The molecule has 1 saturated carbocycles. The van der Waals surface area contributed by atoms with Gasteiger partial charge >= 0.3 is 5.97 Å². The van der Waals surface area contributed by atoms with Crippen molar-refractivity contribution in [3.8, 4) is 0 Å². The molecule has 19 heavy (non-hydrogen) atoms. The van der Waals surface area contributed by atoms with Crippen LogP contribution < -0.4 is 5.32 Å². The highest BCUT2D eigenvalue weighted by Gasteiger charge is 2.65. The number of carboxylic acid groups (broad SMARTS) is 1. The van der Waals surface area contributed by atoms with Crippen molar-refractivity contribution < 1.29 is 19.4 Å². The van der Waals surface area contributed by atoms with Crippen LogP contribution in [0.2, 0.25) is 0 Å².